The van der Waals surface area contributed by atoms with Crippen LogP contribution in [0.15, 0.2) is 21.6 Å². The summed E-state index contributed by atoms with van der Waals surface area (Å²) in [5.74, 6) is -1.64. The molecule has 2 rings (SSSR count). The van der Waals surface area contributed by atoms with Crippen LogP contribution in [0.3, 0.4) is 0 Å². The number of hydrogen-bond donors (Lipinski definition) is 1. The van der Waals surface area contributed by atoms with Crippen molar-refractivity contribution in [2.24, 2.45) is 5.41 Å². The molecule has 1 aliphatic heterocycles. The van der Waals surface area contributed by atoms with Crippen molar-refractivity contribution in [3.05, 3.63) is 17.9 Å². The molecule has 0 spiro atoms. The molecule has 0 unspecified atom stereocenters. The fourth-order valence-corrected chi connectivity index (χ4v) is 3.85. The molecule has 2 heterocycles. The van der Waals surface area contributed by atoms with Crippen molar-refractivity contribution < 1.29 is 22.7 Å². The lowest BCUT2D eigenvalue weighted by Gasteiger charge is -2.36. The van der Waals surface area contributed by atoms with Crippen molar-refractivity contribution in [2.45, 2.75) is 31.8 Å². The van der Waals surface area contributed by atoms with E-state index in [0.29, 0.717) is 13.1 Å². The monoisotopic (exact) mass is 287 g/mol. The molecule has 1 aromatic heterocycles. The van der Waals surface area contributed by atoms with Crippen LogP contribution in [0.25, 0.3) is 0 Å². The van der Waals surface area contributed by atoms with E-state index in [-0.39, 0.29) is 16.3 Å². The first kappa shape index (κ1) is 14.1. The first-order chi connectivity index (χ1) is 8.72. The van der Waals surface area contributed by atoms with E-state index >= 15 is 0 Å². The van der Waals surface area contributed by atoms with Gasteiger partial charge in [0.1, 0.15) is 0 Å². The summed E-state index contributed by atoms with van der Waals surface area (Å²) < 4.78 is 31.0. The number of sulfonamides is 1. The average molecular weight is 287 g/mol. The minimum atomic E-state index is -3.74. The molecule has 0 saturated carbocycles. The van der Waals surface area contributed by atoms with Gasteiger partial charge in [0.15, 0.2) is 0 Å². The fraction of sp³-hybridized carbons (Fsp3) is 0.583. The Bertz CT molecular complexity index is 587. The fourth-order valence-electron chi connectivity index (χ4n) is 2.28. The maximum atomic E-state index is 12.4. The highest BCUT2D eigenvalue weighted by atomic mass is 32.2. The summed E-state index contributed by atoms with van der Waals surface area (Å²) in [5, 5.41) is 8.45. The van der Waals surface area contributed by atoms with Crippen LogP contribution in [-0.2, 0) is 10.0 Å². The highest BCUT2D eigenvalue weighted by Crippen LogP contribution is 2.32. The van der Waals surface area contributed by atoms with Gasteiger partial charge in [0.2, 0.25) is 10.9 Å². The number of carbonyl (C=O) groups is 1. The number of piperidine rings is 1. The van der Waals surface area contributed by atoms with E-state index in [1.807, 2.05) is 13.8 Å². The third-order valence-corrected chi connectivity index (χ3v) is 4.97. The van der Waals surface area contributed by atoms with E-state index in [2.05, 4.69) is 0 Å². The zero-order valence-corrected chi connectivity index (χ0v) is 11.7. The lowest BCUT2D eigenvalue weighted by molar-refractivity contribution is 0.0655. The summed E-state index contributed by atoms with van der Waals surface area (Å²) in [6.45, 7) is 4.88. The van der Waals surface area contributed by atoms with Gasteiger partial charge in [0.05, 0.1) is 0 Å². The van der Waals surface area contributed by atoms with Gasteiger partial charge < -0.3 is 9.52 Å². The van der Waals surface area contributed by atoms with Gasteiger partial charge in [-0.25, -0.2) is 13.2 Å². The lowest BCUT2D eigenvalue weighted by atomic mass is 9.85. The summed E-state index contributed by atoms with van der Waals surface area (Å²) in [5.41, 5.74) is -0.0759. The molecule has 7 heteroatoms. The number of aromatic carboxylic acids is 1. The van der Waals surface area contributed by atoms with Crippen LogP contribution in [0.2, 0.25) is 0 Å². The predicted molar refractivity (Wildman–Crippen MR) is 67.4 cm³/mol. The number of carboxylic acids is 1. The maximum Gasteiger partial charge on any atom is 0.371 e. The van der Waals surface area contributed by atoms with Gasteiger partial charge in [-0.15, -0.1) is 0 Å². The van der Waals surface area contributed by atoms with E-state index in [1.165, 1.54) is 10.4 Å². The molecular weight excluding hydrogens is 270 g/mol. The second kappa shape index (κ2) is 4.64. The Morgan fingerprint density at radius 3 is 2.63 bits per heavy atom. The van der Waals surface area contributed by atoms with Gasteiger partial charge >= 0.3 is 5.97 Å². The van der Waals surface area contributed by atoms with Gasteiger partial charge in [0.25, 0.3) is 10.0 Å². The third-order valence-electron chi connectivity index (χ3n) is 3.25. The van der Waals surface area contributed by atoms with Crippen LogP contribution in [0.1, 0.15) is 37.2 Å². The van der Waals surface area contributed by atoms with Crippen LogP contribution in [0.4, 0.5) is 0 Å². The molecule has 0 radical (unpaired) electrons. The molecule has 1 fully saturated rings. The van der Waals surface area contributed by atoms with Crippen molar-refractivity contribution in [1.82, 2.24) is 4.31 Å². The highest BCUT2D eigenvalue weighted by molar-refractivity contribution is 7.89. The van der Waals surface area contributed by atoms with Gasteiger partial charge in [-0.05, 0) is 30.4 Å². The normalized spacial score (nSPS) is 20.3. The summed E-state index contributed by atoms with van der Waals surface area (Å²) in [6, 6.07) is 2.35. The number of rotatable bonds is 3. The molecule has 0 amide bonds. The first-order valence-corrected chi connectivity index (χ1v) is 7.50. The van der Waals surface area contributed by atoms with Gasteiger partial charge in [-0.3, -0.25) is 0 Å². The topological polar surface area (TPSA) is 87.8 Å². The number of furan rings is 1. The second-order valence-electron chi connectivity index (χ2n) is 5.53. The summed E-state index contributed by atoms with van der Waals surface area (Å²) >= 11 is 0. The smallest absolute Gasteiger partial charge is 0.371 e. The lowest BCUT2D eigenvalue weighted by Crippen LogP contribution is -2.43. The molecule has 1 aliphatic rings. The molecule has 1 aromatic rings. The largest absolute Gasteiger partial charge is 0.475 e. The minimum Gasteiger partial charge on any atom is -0.475 e. The quantitative estimate of drug-likeness (QED) is 0.915. The summed E-state index contributed by atoms with van der Waals surface area (Å²) in [4.78, 5) is 10.7. The van der Waals surface area contributed by atoms with Crippen LogP contribution < -0.4 is 0 Å². The highest BCUT2D eigenvalue weighted by Gasteiger charge is 2.36. The SMILES string of the molecule is CC1(C)CCCN(S(=O)(=O)c2ccc(C(=O)O)o2)C1. The number of nitrogens with zero attached hydrogens (tertiary/aromatic N) is 1. The molecule has 0 bridgehead atoms. The molecule has 6 nitrogen and oxygen atoms in total. The van der Waals surface area contributed by atoms with Crippen molar-refractivity contribution >= 4 is 16.0 Å². The zero-order valence-electron chi connectivity index (χ0n) is 10.9. The minimum absolute atomic E-state index is 0.0759. The van der Waals surface area contributed by atoms with Crippen molar-refractivity contribution in [1.29, 1.82) is 0 Å². The van der Waals surface area contributed by atoms with E-state index < -0.39 is 16.0 Å². The van der Waals surface area contributed by atoms with Crippen molar-refractivity contribution in [3.63, 3.8) is 0 Å². The predicted octanol–water partition coefficient (Wildman–Crippen LogP) is 1.79. The Balaban J connectivity index is 2.28. The standard InChI is InChI=1S/C12H17NO5S/c1-12(2)6-3-7-13(8-12)19(16,17)10-5-4-9(18-10)11(14)15/h4-5H,3,6-8H2,1-2H3,(H,14,15). The molecule has 19 heavy (non-hydrogen) atoms. The molecule has 106 valence electrons. The molecule has 0 aliphatic carbocycles. The maximum absolute atomic E-state index is 12.4. The Morgan fingerprint density at radius 2 is 2.11 bits per heavy atom. The van der Waals surface area contributed by atoms with Crippen molar-refractivity contribution in [2.75, 3.05) is 13.1 Å². The number of carboxylic acid groups (broad SMARTS) is 1. The zero-order chi connectivity index (χ0) is 14.3. The van der Waals surface area contributed by atoms with Gasteiger partial charge in [0, 0.05) is 13.1 Å². The van der Waals surface area contributed by atoms with Crippen LogP contribution in [0.5, 0.6) is 0 Å². The van der Waals surface area contributed by atoms with Crippen LogP contribution in [0, 0.1) is 5.41 Å². The Kier molecular flexibility index (Phi) is 3.44. The Labute approximate surface area is 112 Å². The molecule has 1 saturated heterocycles. The Hall–Kier alpha value is -1.34. The molecule has 0 atom stereocenters. The molecule has 1 N–H and O–H groups in total. The van der Waals surface area contributed by atoms with Gasteiger partial charge in [-0.2, -0.15) is 4.31 Å². The molecule has 0 aromatic carbocycles. The molecular formula is C12H17NO5S. The number of hydrogen-bond acceptors (Lipinski definition) is 4. The summed E-state index contributed by atoms with van der Waals surface area (Å²) in [7, 11) is -3.74. The second-order valence-corrected chi connectivity index (χ2v) is 7.40. The Morgan fingerprint density at radius 1 is 1.42 bits per heavy atom. The van der Waals surface area contributed by atoms with E-state index in [4.69, 9.17) is 9.52 Å². The van der Waals surface area contributed by atoms with Crippen LogP contribution in [-0.4, -0.2) is 36.9 Å². The van der Waals surface area contributed by atoms with Crippen molar-refractivity contribution in [3.8, 4) is 0 Å². The third kappa shape index (κ3) is 2.82. The van der Waals surface area contributed by atoms with Crippen LogP contribution >= 0.6 is 0 Å². The van der Waals surface area contributed by atoms with E-state index in [1.54, 1.807) is 0 Å². The van der Waals surface area contributed by atoms with E-state index in [9.17, 15) is 13.2 Å². The average Bonchev–Trinajstić information content (AvgIpc) is 2.77. The van der Waals surface area contributed by atoms with Gasteiger partial charge in [-0.1, -0.05) is 13.8 Å². The summed E-state index contributed by atoms with van der Waals surface area (Å²) in [6.07, 6.45) is 1.76. The van der Waals surface area contributed by atoms with E-state index in [0.717, 1.165) is 18.9 Å². The first-order valence-electron chi connectivity index (χ1n) is 6.06.